The molecule has 2 aromatic carbocycles. The third-order valence-corrected chi connectivity index (χ3v) is 12.4. The van der Waals surface area contributed by atoms with Crippen LogP contribution in [0.25, 0.3) is 0 Å². The van der Waals surface area contributed by atoms with E-state index >= 15 is 0 Å². The van der Waals surface area contributed by atoms with Crippen molar-refractivity contribution in [3.05, 3.63) is 119 Å². The molecule has 0 saturated carbocycles. The highest BCUT2D eigenvalue weighted by Crippen LogP contribution is 2.51. The summed E-state index contributed by atoms with van der Waals surface area (Å²) in [6.45, 7) is 12.7. The Kier molecular flexibility index (Phi) is 15.0. The molecule has 0 spiro atoms. The number of nitrogens with zero attached hydrogens (tertiary/aromatic N) is 1. The van der Waals surface area contributed by atoms with Gasteiger partial charge in [-0.3, -0.25) is 18.5 Å². The predicted molar refractivity (Wildman–Crippen MR) is 212 cm³/mol. The lowest BCUT2D eigenvalue weighted by Crippen LogP contribution is -2.28. The maximum absolute atomic E-state index is 12.0. The number of likely N-dealkylation sites (N-methyl/N-ethyl adjacent to an activating group) is 1. The largest absolute Gasteiger partial charge is 0.481 e. The Labute approximate surface area is 319 Å². The summed E-state index contributed by atoms with van der Waals surface area (Å²) in [6.07, 6.45) is 14.9. The number of carboxylic acid groups (broad SMARTS) is 1. The number of allylic oxidation sites excluding steroid dienone is 9. The van der Waals surface area contributed by atoms with E-state index in [2.05, 4.69) is 6.58 Å². The van der Waals surface area contributed by atoms with E-state index in [1.165, 1.54) is 12.1 Å². The van der Waals surface area contributed by atoms with Gasteiger partial charge < -0.3 is 10.0 Å². The summed E-state index contributed by atoms with van der Waals surface area (Å²) < 4.78 is 97.6. The van der Waals surface area contributed by atoms with Crippen LogP contribution in [0.5, 0.6) is 0 Å². The van der Waals surface area contributed by atoms with Crippen molar-refractivity contribution in [3.8, 4) is 0 Å². The zero-order valence-corrected chi connectivity index (χ0v) is 33.6. The normalized spacial score (nSPS) is 18.6. The highest BCUT2D eigenvalue weighted by Gasteiger charge is 2.43. The van der Waals surface area contributed by atoms with Crippen LogP contribution in [0.3, 0.4) is 0 Å². The van der Waals surface area contributed by atoms with Crippen molar-refractivity contribution in [2.45, 2.75) is 88.4 Å². The number of benzene rings is 2. The molecule has 2 atom stereocenters. The van der Waals surface area contributed by atoms with E-state index in [0.29, 0.717) is 43.4 Å². The van der Waals surface area contributed by atoms with Crippen LogP contribution >= 0.6 is 0 Å². The molecule has 1 heterocycles. The molecule has 15 heteroatoms. The van der Waals surface area contributed by atoms with Crippen LogP contribution in [-0.2, 0) is 52.4 Å². The lowest BCUT2D eigenvalue weighted by Gasteiger charge is -2.33. The van der Waals surface area contributed by atoms with Gasteiger partial charge in [-0.1, -0.05) is 81.0 Å². The van der Waals surface area contributed by atoms with Crippen molar-refractivity contribution >= 4 is 42.0 Å². The average molecular weight is 806 g/mol. The summed E-state index contributed by atoms with van der Waals surface area (Å²) in [4.78, 5) is 13.2. The second kappa shape index (κ2) is 18.2. The summed E-state index contributed by atoms with van der Waals surface area (Å²) in [5, 5.41) is 9.37. The second-order valence-corrected chi connectivity index (χ2v) is 18.5. The van der Waals surface area contributed by atoms with Crippen LogP contribution in [0.4, 0.5) is 5.69 Å². The number of carboxylic acids is 1. The molecule has 2 unspecified atom stereocenters. The Bertz CT molecular complexity index is 2170. The molecule has 0 aliphatic carbocycles. The summed E-state index contributed by atoms with van der Waals surface area (Å²) in [5.74, 6) is -1.72. The Morgan fingerprint density at radius 2 is 1.48 bits per heavy atom. The highest BCUT2D eigenvalue weighted by atomic mass is 32.2. The number of unbranched alkanes of at least 4 members (excludes halogenated alkanes) is 2. The van der Waals surface area contributed by atoms with Crippen molar-refractivity contribution in [2.24, 2.45) is 0 Å². The molecule has 0 amide bonds. The Hall–Kier alpha value is -3.86. The molecule has 4 N–H and O–H groups in total. The molecule has 0 fully saturated rings. The summed E-state index contributed by atoms with van der Waals surface area (Å²) >= 11 is 0. The fourth-order valence-corrected chi connectivity index (χ4v) is 8.68. The fourth-order valence-electron chi connectivity index (χ4n) is 7.03. The van der Waals surface area contributed by atoms with Crippen LogP contribution in [0.15, 0.2) is 102 Å². The predicted octanol–water partition coefficient (Wildman–Crippen LogP) is 7.15. The molecule has 0 saturated heterocycles. The van der Waals surface area contributed by atoms with Crippen molar-refractivity contribution in [3.63, 3.8) is 0 Å². The van der Waals surface area contributed by atoms with Crippen LogP contribution in [0.2, 0.25) is 0 Å². The van der Waals surface area contributed by atoms with E-state index in [4.69, 9.17) is 0 Å². The zero-order valence-electron chi connectivity index (χ0n) is 31.1. The number of rotatable bonds is 20. The smallest absolute Gasteiger partial charge is 0.307 e. The van der Waals surface area contributed by atoms with E-state index in [9.17, 15) is 48.8 Å². The first kappa shape index (κ1) is 44.5. The number of carbonyl (C=O) groups is 1. The van der Waals surface area contributed by atoms with Gasteiger partial charge in [-0.05, 0) is 98.6 Å². The van der Waals surface area contributed by atoms with E-state index < -0.39 is 52.9 Å². The van der Waals surface area contributed by atoms with E-state index in [1.54, 1.807) is 24.3 Å². The average Bonchev–Trinajstić information content (AvgIpc) is 3.30. The number of hydrogen-bond donors (Lipinski definition) is 4. The molecular weight excluding hydrogens is 755 g/mol. The van der Waals surface area contributed by atoms with Gasteiger partial charge in [-0.2, -0.15) is 25.3 Å². The molecule has 0 aromatic heterocycles. The van der Waals surface area contributed by atoms with E-state index in [-0.39, 0.29) is 29.9 Å². The topological polar surface area (TPSA) is 204 Å². The first-order valence-electron chi connectivity index (χ1n) is 17.5. The molecule has 3 rings (SSSR count). The summed E-state index contributed by atoms with van der Waals surface area (Å²) in [7, 11) is -12.7. The van der Waals surface area contributed by atoms with Gasteiger partial charge in [0.05, 0.1) is 22.8 Å². The van der Waals surface area contributed by atoms with Crippen molar-refractivity contribution < 1.29 is 48.8 Å². The maximum atomic E-state index is 12.0. The van der Waals surface area contributed by atoms with Gasteiger partial charge in [0.2, 0.25) is 0 Å². The quantitative estimate of drug-likeness (QED) is 0.0599. The maximum Gasteiger partial charge on any atom is 0.307 e. The first-order chi connectivity index (χ1) is 25.0. The number of aryl methyl sites for hydroxylation is 1. The molecule has 12 nitrogen and oxygen atoms in total. The third-order valence-electron chi connectivity index (χ3n) is 9.94. The summed E-state index contributed by atoms with van der Waals surface area (Å²) in [5.41, 5.74) is 4.01. The van der Waals surface area contributed by atoms with Crippen molar-refractivity contribution in [2.75, 3.05) is 23.0 Å². The number of anilines is 1. The van der Waals surface area contributed by atoms with Gasteiger partial charge in [0.15, 0.2) is 0 Å². The van der Waals surface area contributed by atoms with Gasteiger partial charge in [0, 0.05) is 28.8 Å². The molecule has 0 bridgehead atoms. The van der Waals surface area contributed by atoms with Crippen LogP contribution in [-0.4, -0.2) is 68.0 Å². The SMILES string of the molecule is C=C(/C=C/C=C/C=C/C=C1/N(CC)c2ccc(S(=O)(=O)O)cc2C1(C)CCCCS(=O)(=O)O)C(C)(CCCCS(=O)(=O)O)c1cc(CC(=O)O)ccc1C. The van der Waals surface area contributed by atoms with E-state index in [0.717, 1.165) is 28.1 Å². The number of aliphatic carboxylic acids is 1. The molecule has 1 aliphatic rings. The number of fused-ring (bicyclic) bond motifs is 1. The molecule has 2 aromatic rings. The molecular formula is C39H51NO11S3. The highest BCUT2D eigenvalue weighted by molar-refractivity contribution is 7.86. The Morgan fingerprint density at radius 1 is 0.870 bits per heavy atom. The Balaban J connectivity index is 1.89. The van der Waals surface area contributed by atoms with Gasteiger partial charge in [0.1, 0.15) is 0 Å². The fraction of sp³-hybridized carbons (Fsp3) is 0.410. The van der Waals surface area contributed by atoms with Crippen LogP contribution in [0.1, 0.15) is 81.5 Å². The van der Waals surface area contributed by atoms with Crippen molar-refractivity contribution in [1.82, 2.24) is 0 Å². The summed E-state index contributed by atoms with van der Waals surface area (Å²) in [6, 6.07) is 9.92. The second-order valence-electron chi connectivity index (χ2n) is 14.0. The number of hydrogen-bond acceptors (Lipinski definition) is 8. The van der Waals surface area contributed by atoms with Crippen LogP contribution < -0.4 is 4.90 Å². The molecule has 1 aliphatic heterocycles. The Morgan fingerprint density at radius 3 is 2.07 bits per heavy atom. The third kappa shape index (κ3) is 12.1. The minimum absolute atomic E-state index is 0.152. The molecule has 54 heavy (non-hydrogen) atoms. The zero-order chi connectivity index (χ0) is 40.5. The van der Waals surface area contributed by atoms with E-state index in [1.807, 2.05) is 75.1 Å². The minimum Gasteiger partial charge on any atom is -0.481 e. The van der Waals surface area contributed by atoms with Crippen LogP contribution in [0, 0.1) is 6.92 Å². The van der Waals surface area contributed by atoms with Gasteiger partial charge in [-0.15, -0.1) is 0 Å². The van der Waals surface area contributed by atoms with Gasteiger partial charge in [0.25, 0.3) is 30.4 Å². The minimum atomic E-state index is -4.48. The van der Waals surface area contributed by atoms with Crippen molar-refractivity contribution in [1.29, 1.82) is 0 Å². The van der Waals surface area contributed by atoms with Gasteiger partial charge >= 0.3 is 5.97 Å². The standard InChI is InChI=1S/C39H51NO11S3/c1-6-40-35-21-20-32(54(49,50)51)28-34(35)39(5,23-13-15-25-53(46,47)48)36(40)17-11-9-7-8-10-16-30(3)38(4,22-12-14-24-52(43,44)45)33-26-31(27-37(41)42)19-18-29(33)2/h7-11,16-21,26,28H,3,6,12-15,22-25,27H2,1-2,4-5H3,(H,41,42)(H,43,44,45)(H,46,47,48)(H,49,50,51)/b8-7+,11-9+,16-10+,36-17+. The molecule has 296 valence electrons. The lowest BCUT2D eigenvalue weighted by molar-refractivity contribution is -0.136. The van der Waals surface area contributed by atoms with Gasteiger partial charge in [-0.25, -0.2) is 0 Å². The lowest BCUT2D eigenvalue weighted by atomic mass is 9.70. The monoisotopic (exact) mass is 805 g/mol. The molecule has 0 radical (unpaired) electrons. The first-order valence-corrected chi connectivity index (χ1v) is 22.2.